The van der Waals surface area contributed by atoms with E-state index >= 15 is 0 Å². The van der Waals surface area contributed by atoms with Crippen LogP contribution < -0.4 is 5.32 Å². The smallest absolute Gasteiger partial charge is 0.337 e. The minimum atomic E-state index is -1.06. The fourth-order valence-corrected chi connectivity index (χ4v) is 1.45. The number of aromatic carboxylic acids is 1. The number of benzene rings is 1. The zero-order valence-electron chi connectivity index (χ0n) is 8.79. The van der Waals surface area contributed by atoms with Crippen molar-refractivity contribution in [3.63, 3.8) is 0 Å². The molecule has 1 aromatic rings. The van der Waals surface area contributed by atoms with Crippen LogP contribution in [0.1, 0.15) is 29.3 Å². The van der Waals surface area contributed by atoms with Gasteiger partial charge >= 0.3 is 5.97 Å². The highest BCUT2D eigenvalue weighted by atomic mass is 35.5. The van der Waals surface area contributed by atoms with E-state index in [1.807, 2.05) is 0 Å². The van der Waals surface area contributed by atoms with Crippen LogP contribution in [0.4, 0.5) is 0 Å². The fraction of sp³-hybridized carbons (Fsp3) is 0.273. The largest absolute Gasteiger partial charge is 0.478 e. The van der Waals surface area contributed by atoms with Crippen LogP contribution in [0.2, 0.25) is 5.02 Å². The summed E-state index contributed by atoms with van der Waals surface area (Å²) in [5, 5.41) is 11.6. The van der Waals surface area contributed by atoms with E-state index in [-0.39, 0.29) is 16.5 Å². The number of carbonyl (C=O) groups excluding carboxylic acids is 1. The van der Waals surface area contributed by atoms with Crippen LogP contribution in [0, 0.1) is 0 Å². The predicted octanol–water partition coefficient (Wildman–Crippen LogP) is 2.06. The molecule has 0 radical (unpaired) electrons. The zero-order valence-corrected chi connectivity index (χ0v) is 9.54. The first-order valence-corrected chi connectivity index (χ1v) is 5.20. The Bertz CT molecular complexity index is 418. The number of carbonyl (C=O) groups is 2. The molecule has 0 fully saturated rings. The predicted molar refractivity (Wildman–Crippen MR) is 60.5 cm³/mol. The summed E-state index contributed by atoms with van der Waals surface area (Å²) in [5.41, 5.74) is 0.837. The van der Waals surface area contributed by atoms with Crippen LogP contribution in [-0.4, -0.2) is 17.0 Å². The van der Waals surface area contributed by atoms with Gasteiger partial charge in [0.15, 0.2) is 0 Å². The standard InChI is InChI=1S/C11H12ClNO3/c1-2-10(14)13-6-7-3-4-8(11(15)16)9(12)5-7/h3-5H,2,6H2,1H3,(H,13,14)(H,15,16). The summed E-state index contributed by atoms with van der Waals surface area (Å²) in [6, 6.07) is 4.60. The molecule has 16 heavy (non-hydrogen) atoms. The summed E-state index contributed by atoms with van der Waals surface area (Å²) in [7, 11) is 0. The highest BCUT2D eigenvalue weighted by Gasteiger charge is 2.08. The van der Waals surface area contributed by atoms with Crippen molar-refractivity contribution >= 4 is 23.5 Å². The summed E-state index contributed by atoms with van der Waals surface area (Å²) in [5.74, 6) is -1.12. The van der Waals surface area contributed by atoms with Crippen molar-refractivity contribution in [1.82, 2.24) is 5.32 Å². The minimum Gasteiger partial charge on any atom is -0.478 e. The Morgan fingerprint density at radius 3 is 2.62 bits per heavy atom. The van der Waals surface area contributed by atoms with Crippen LogP contribution in [0.25, 0.3) is 0 Å². The molecular weight excluding hydrogens is 230 g/mol. The van der Waals surface area contributed by atoms with Crippen molar-refractivity contribution in [2.45, 2.75) is 19.9 Å². The molecule has 0 aromatic heterocycles. The first kappa shape index (κ1) is 12.5. The fourth-order valence-electron chi connectivity index (χ4n) is 1.17. The molecule has 0 spiro atoms. The number of carboxylic acids is 1. The van der Waals surface area contributed by atoms with Crippen LogP contribution in [0.3, 0.4) is 0 Å². The van der Waals surface area contributed by atoms with Gasteiger partial charge in [-0.1, -0.05) is 24.6 Å². The van der Waals surface area contributed by atoms with Gasteiger partial charge in [-0.05, 0) is 17.7 Å². The highest BCUT2D eigenvalue weighted by molar-refractivity contribution is 6.33. The Morgan fingerprint density at radius 1 is 1.44 bits per heavy atom. The van der Waals surface area contributed by atoms with E-state index in [1.54, 1.807) is 19.1 Å². The van der Waals surface area contributed by atoms with E-state index in [9.17, 15) is 9.59 Å². The van der Waals surface area contributed by atoms with Gasteiger partial charge < -0.3 is 10.4 Å². The molecule has 0 saturated carbocycles. The summed E-state index contributed by atoms with van der Waals surface area (Å²) >= 11 is 5.78. The topological polar surface area (TPSA) is 66.4 Å². The quantitative estimate of drug-likeness (QED) is 0.848. The van der Waals surface area contributed by atoms with E-state index in [2.05, 4.69) is 5.32 Å². The highest BCUT2D eigenvalue weighted by Crippen LogP contribution is 2.17. The lowest BCUT2D eigenvalue weighted by molar-refractivity contribution is -0.120. The van der Waals surface area contributed by atoms with Gasteiger partial charge in [-0.25, -0.2) is 4.79 Å². The second kappa shape index (κ2) is 5.51. The van der Waals surface area contributed by atoms with Crippen molar-refractivity contribution in [3.05, 3.63) is 34.3 Å². The van der Waals surface area contributed by atoms with Gasteiger partial charge in [0.05, 0.1) is 10.6 Å². The van der Waals surface area contributed by atoms with E-state index < -0.39 is 5.97 Å². The van der Waals surface area contributed by atoms with Crippen molar-refractivity contribution in [3.8, 4) is 0 Å². The third kappa shape index (κ3) is 3.24. The Morgan fingerprint density at radius 2 is 2.12 bits per heavy atom. The van der Waals surface area contributed by atoms with E-state index in [0.717, 1.165) is 5.56 Å². The van der Waals surface area contributed by atoms with Gasteiger partial charge in [-0.2, -0.15) is 0 Å². The van der Waals surface area contributed by atoms with Crippen molar-refractivity contribution in [2.75, 3.05) is 0 Å². The molecule has 2 N–H and O–H groups in total. The van der Waals surface area contributed by atoms with Crippen molar-refractivity contribution < 1.29 is 14.7 Å². The van der Waals surface area contributed by atoms with E-state index in [4.69, 9.17) is 16.7 Å². The molecule has 0 aliphatic carbocycles. The monoisotopic (exact) mass is 241 g/mol. The SMILES string of the molecule is CCC(=O)NCc1ccc(C(=O)O)c(Cl)c1. The molecule has 0 aliphatic heterocycles. The molecule has 0 saturated heterocycles. The van der Waals surface area contributed by atoms with Gasteiger partial charge in [-0.3, -0.25) is 4.79 Å². The third-order valence-electron chi connectivity index (χ3n) is 2.07. The second-order valence-electron chi connectivity index (χ2n) is 3.25. The normalized spacial score (nSPS) is 9.88. The van der Waals surface area contributed by atoms with Gasteiger partial charge in [-0.15, -0.1) is 0 Å². The second-order valence-corrected chi connectivity index (χ2v) is 3.66. The molecule has 0 unspecified atom stereocenters. The van der Waals surface area contributed by atoms with E-state index in [1.165, 1.54) is 6.07 Å². The molecule has 1 aromatic carbocycles. The molecule has 86 valence electrons. The summed E-state index contributed by atoms with van der Waals surface area (Å²) in [4.78, 5) is 21.7. The van der Waals surface area contributed by atoms with Crippen molar-refractivity contribution in [1.29, 1.82) is 0 Å². The number of amides is 1. The molecule has 1 amide bonds. The minimum absolute atomic E-state index is 0.0570. The van der Waals surface area contributed by atoms with Gasteiger partial charge in [0, 0.05) is 13.0 Å². The summed E-state index contributed by atoms with van der Waals surface area (Å²) < 4.78 is 0. The molecule has 0 atom stereocenters. The molecule has 4 nitrogen and oxygen atoms in total. The number of carboxylic acid groups (broad SMARTS) is 1. The molecule has 0 bridgehead atoms. The molecule has 5 heteroatoms. The van der Waals surface area contributed by atoms with Crippen LogP contribution in [0.15, 0.2) is 18.2 Å². The number of rotatable bonds is 4. The Hall–Kier alpha value is -1.55. The number of hydrogen-bond donors (Lipinski definition) is 2. The lowest BCUT2D eigenvalue weighted by Gasteiger charge is -2.05. The number of hydrogen-bond acceptors (Lipinski definition) is 2. The van der Waals surface area contributed by atoms with Crippen molar-refractivity contribution in [2.24, 2.45) is 0 Å². The molecular formula is C11H12ClNO3. The van der Waals surface area contributed by atoms with Crippen LogP contribution in [-0.2, 0) is 11.3 Å². The van der Waals surface area contributed by atoms with Crippen LogP contribution in [0.5, 0.6) is 0 Å². The average Bonchev–Trinajstić information content (AvgIpc) is 2.25. The maximum absolute atomic E-state index is 11.0. The third-order valence-corrected chi connectivity index (χ3v) is 2.39. The maximum Gasteiger partial charge on any atom is 0.337 e. The Labute approximate surface area is 98.2 Å². The average molecular weight is 242 g/mol. The number of nitrogens with one attached hydrogen (secondary N) is 1. The number of halogens is 1. The lowest BCUT2D eigenvalue weighted by atomic mass is 10.1. The first-order chi connectivity index (χ1) is 7.54. The zero-order chi connectivity index (χ0) is 12.1. The van der Waals surface area contributed by atoms with Gasteiger partial charge in [0.1, 0.15) is 0 Å². The Kier molecular flexibility index (Phi) is 4.31. The van der Waals surface area contributed by atoms with Crippen LogP contribution >= 0.6 is 11.6 Å². The van der Waals surface area contributed by atoms with Gasteiger partial charge in [0.2, 0.25) is 5.91 Å². The summed E-state index contributed by atoms with van der Waals surface area (Å²) in [6.07, 6.45) is 0.418. The molecule has 0 heterocycles. The Balaban J connectivity index is 2.74. The summed E-state index contributed by atoms with van der Waals surface area (Å²) in [6.45, 7) is 2.11. The lowest BCUT2D eigenvalue weighted by Crippen LogP contribution is -2.21. The molecule has 0 aliphatic rings. The first-order valence-electron chi connectivity index (χ1n) is 4.83. The van der Waals surface area contributed by atoms with Gasteiger partial charge in [0.25, 0.3) is 0 Å². The maximum atomic E-state index is 11.0. The molecule has 1 rings (SSSR count). The van der Waals surface area contributed by atoms with E-state index in [0.29, 0.717) is 13.0 Å².